The van der Waals surface area contributed by atoms with Crippen LogP contribution in [-0.2, 0) is 7.05 Å². The molecule has 1 aromatic heterocycles. The molecule has 0 spiro atoms. The van der Waals surface area contributed by atoms with Gasteiger partial charge < -0.3 is 9.88 Å². The first-order chi connectivity index (χ1) is 8.28. The predicted octanol–water partition coefficient (Wildman–Crippen LogP) is 2.51. The highest BCUT2D eigenvalue weighted by atomic mass is 15.1. The molecule has 2 aliphatic carbocycles. The van der Waals surface area contributed by atoms with Crippen LogP contribution in [-0.4, -0.2) is 16.6 Å². The lowest BCUT2D eigenvalue weighted by atomic mass is 9.83. The molecule has 2 aliphatic rings. The largest absolute Gasteiger partial charge is 0.336 e. The van der Waals surface area contributed by atoms with Gasteiger partial charge in [-0.05, 0) is 50.5 Å². The number of nitrogens with zero attached hydrogens (tertiary/aromatic N) is 2. The summed E-state index contributed by atoms with van der Waals surface area (Å²) in [6.07, 6.45) is 11.2. The Labute approximate surface area is 104 Å². The van der Waals surface area contributed by atoms with E-state index in [0.717, 1.165) is 17.8 Å². The van der Waals surface area contributed by atoms with Gasteiger partial charge in [0.1, 0.15) is 0 Å². The molecule has 3 heteroatoms. The fourth-order valence-corrected chi connectivity index (χ4v) is 4.06. The average Bonchev–Trinajstić information content (AvgIpc) is 3.02. The zero-order chi connectivity index (χ0) is 11.8. The Kier molecular flexibility index (Phi) is 2.95. The van der Waals surface area contributed by atoms with E-state index in [4.69, 9.17) is 0 Å². The van der Waals surface area contributed by atoms with Crippen LogP contribution in [0.25, 0.3) is 0 Å². The van der Waals surface area contributed by atoms with E-state index in [1.54, 1.807) is 0 Å². The lowest BCUT2D eigenvalue weighted by Gasteiger charge is -2.26. The van der Waals surface area contributed by atoms with Crippen molar-refractivity contribution in [1.82, 2.24) is 14.9 Å². The van der Waals surface area contributed by atoms with Crippen molar-refractivity contribution in [3.63, 3.8) is 0 Å². The highest BCUT2D eigenvalue weighted by Gasteiger charge is 2.40. The Morgan fingerprint density at radius 2 is 2.35 bits per heavy atom. The first-order valence-electron chi connectivity index (χ1n) is 6.91. The molecule has 3 rings (SSSR count). The molecule has 1 N–H and O–H groups in total. The summed E-state index contributed by atoms with van der Waals surface area (Å²) in [6.45, 7) is 0. The number of aryl methyl sites for hydroxylation is 1. The van der Waals surface area contributed by atoms with Gasteiger partial charge in [-0.25, -0.2) is 4.98 Å². The van der Waals surface area contributed by atoms with Gasteiger partial charge in [0.15, 0.2) is 0 Å². The van der Waals surface area contributed by atoms with Crippen molar-refractivity contribution >= 4 is 0 Å². The van der Waals surface area contributed by atoms with Gasteiger partial charge in [-0.1, -0.05) is 6.42 Å². The first kappa shape index (κ1) is 11.3. The van der Waals surface area contributed by atoms with Crippen LogP contribution >= 0.6 is 0 Å². The second kappa shape index (κ2) is 4.45. The second-order valence-corrected chi connectivity index (χ2v) is 5.94. The van der Waals surface area contributed by atoms with E-state index in [-0.39, 0.29) is 0 Å². The number of aromatic nitrogens is 2. The number of rotatable bonds is 4. The van der Waals surface area contributed by atoms with E-state index >= 15 is 0 Å². The van der Waals surface area contributed by atoms with Crippen molar-refractivity contribution in [3.8, 4) is 0 Å². The number of hydrogen-bond acceptors (Lipinski definition) is 2. The maximum absolute atomic E-state index is 4.24. The maximum Gasteiger partial charge on any atom is 0.0946 e. The molecule has 1 aromatic rings. The SMILES string of the molecule is CNC(CC1CC2CCC1C2)c1cncn1C. The summed E-state index contributed by atoms with van der Waals surface area (Å²) in [5, 5.41) is 3.47. The molecule has 2 bridgehead atoms. The van der Waals surface area contributed by atoms with Gasteiger partial charge in [0.25, 0.3) is 0 Å². The van der Waals surface area contributed by atoms with Crippen molar-refractivity contribution < 1.29 is 0 Å². The van der Waals surface area contributed by atoms with Gasteiger partial charge in [0.2, 0.25) is 0 Å². The Hall–Kier alpha value is -0.830. The molecule has 17 heavy (non-hydrogen) atoms. The molecule has 2 fully saturated rings. The summed E-state index contributed by atoms with van der Waals surface area (Å²) >= 11 is 0. The number of imidazole rings is 1. The minimum Gasteiger partial charge on any atom is -0.336 e. The van der Waals surface area contributed by atoms with Crippen LogP contribution in [0.1, 0.15) is 43.8 Å². The van der Waals surface area contributed by atoms with Gasteiger partial charge in [-0.15, -0.1) is 0 Å². The smallest absolute Gasteiger partial charge is 0.0946 e. The quantitative estimate of drug-likeness (QED) is 0.866. The van der Waals surface area contributed by atoms with Crippen molar-refractivity contribution in [1.29, 1.82) is 0 Å². The Balaban J connectivity index is 1.69. The summed E-state index contributed by atoms with van der Waals surface area (Å²) in [7, 11) is 4.17. The van der Waals surface area contributed by atoms with Crippen LogP contribution < -0.4 is 5.32 Å². The van der Waals surface area contributed by atoms with Gasteiger partial charge >= 0.3 is 0 Å². The molecule has 2 saturated carbocycles. The summed E-state index contributed by atoms with van der Waals surface area (Å²) in [5.74, 6) is 3.01. The van der Waals surface area contributed by atoms with Crippen LogP contribution in [0.15, 0.2) is 12.5 Å². The van der Waals surface area contributed by atoms with Crippen LogP contribution in [0.3, 0.4) is 0 Å². The normalized spacial score (nSPS) is 33.2. The summed E-state index contributed by atoms with van der Waals surface area (Å²) in [6, 6.07) is 0.479. The lowest BCUT2D eigenvalue weighted by Crippen LogP contribution is -2.24. The molecule has 94 valence electrons. The van der Waals surface area contributed by atoms with Crippen LogP contribution in [0.4, 0.5) is 0 Å². The van der Waals surface area contributed by atoms with E-state index in [9.17, 15) is 0 Å². The van der Waals surface area contributed by atoms with E-state index in [2.05, 4.69) is 29.0 Å². The fourth-order valence-electron chi connectivity index (χ4n) is 4.06. The highest BCUT2D eigenvalue weighted by molar-refractivity contribution is 5.06. The molecule has 0 saturated heterocycles. The Morgan fingerprint density at radius 3 is 2.88 bits per heavy atom. The van der Waals surface area contributed by atoms with E-state index < -0.39 is 0 Å². The van der Waals surface area contributed by atoms with Crippen LogP contribution in [0, 0.1) is 17.8 Å². The summed E-state index contributed by atoms with van der Waals surface area (Å²) in [5.41, 5.74) is 1.33. The zero-order valence-electron chi connectivity index (χ0n) is 10.9. The number of hydrogen-bond donors (Lipinski definition) is 1. The fraction of sp³-hybridized carbons (Fsp3) is 0.786. The first-order valence-corrected chi connectivity index (χ1v) is 6.91. The average molecular weight is 233 g/mol. The molecule has 0 aliphatic heterocycles. The molecule has 0 amide bonds. The van der Waals surface area contributed by atoms with Gasteiger partial charge in [0.05, 0.1) is 12.0 Å². The van der Waals surface area contributed by atoms with Crippen molar-refractivity contribution in [2.45, 2.75) is 38.1 Å². The number of nitrogens with one attached hydrogen (secondary N) is 1. The van der Waals surface area contributed by atoms with Gasteiger partial charge in [0, 0.05) is 19.3 Å². The molecule has 0 radical (unpaired) electrons. The van der Waals surface area contributed by atoms with E-state index in [0.29, 0.717) is 6.04 Å². The topological polar surface area (TPSA) is 29.9 Å². The number of fused-ring (bicyclic) bond motifs is 2. The molecule has 0 aromatic carbocycles. The van der Waals surface area contributed by atoms with Crippen molar-refractivity contribution in [2.24, 2.45) is 24.8 Å². The zero-order valence-corrected chi connectivity index (χ0v) is 10.9. The highest BCUT2D eigenvalue weighted by Crippen LogP contribution is 2.50. The molecular formula is C14H23N3. The minimum absolute atomic E-state index is 0.479. The Morgan fingerprint density at radius 1 is 1.47 bits per heavy atom. The Bertz CT molecular complexity index is 385. The standard InChI is InChI=1S/C14H23N3/c1-15-13(14-8-16-9-17(14)2)7-12-6-10-3-4-11(12)5-10/h8-13,15H,3-7H2,1-2H3. The predicted molar refractivity (Wildman–Crippen MR) is 68.6 cm³/mol. The van der Waals surface area contributed by atoms with Crippen molar-refractivity contribution in [3.05, 3.63) is 18.2 Å². The van der Waals surface area contributed by atoms with Crippen molar-refractivity contribution in [2.75, 3.05) is 7.05 Å². The van der Waals surface area contributed by atoms with Gasteiger partial charge in [-0.2, -0.15) is 0 Å². The van der Waals surface area contributed by atoms with E-state index in [1.807, 2.05) is 12.5 Å². The molecule has 4 atom stereocenters. The molecule has 3 nitrogen and oxygen atoms in total. The second-order valence-electron chi connectivity index (χ2n) is 5.94. The lowest BCUT2D eigenvalue weighted by molar-refractivity contribution is 0.280. The summed E-state index contributed by atoms with van der Waals surface area (Å²) < 4.78 is 2.15. The minimum atomic E-state index is 0.479. The van der Waals surface area contributed by atoms with E-state index in [1.165, 1.54) is 37.8 Å². The third-order valence-electron chi connectivity index (χ3n) is 4.98. The molecular weight excluding hydrogens is 210 g/mol. The summed E-state index contributed by atoms with van der Waals surface area (Å²) in [4.78, 5) is 4.24. The third kappa shape index (κ3) is 2.01. The third-order valence-corrected chi connectivity index (χ3v) is 4.98. The van der Waals surface area contributed by atoms with Gasteiger partial charge in [-0.3, -0.25) is 0 Å². The monoisotopic (exact) mass is 233 g/mol. The molecule has 4 unspecified atom stereocenters. The maximum atomic E-state index is 4.24. The molecule has 1 heterocycles. The van der Waals surface area contributed by atoms with Crippen LogP contribution in [0.5, 0.6) is 0 Å². The van der Waals surface area contributed by atoms with Crippen LogP contribution in [0.2, 0.25) is 0 Å².